The first-order valence-corrected chi connectivity index (χ1v) is 7.79. The summed E-state index contributed by atoms with van der Waals surface area (Å²) in [5.74, 6) is -1.39. The molecule has 4 nitrogen and oxygen atoms in total. The van der Waals surface area contributed by atoms with Crippen LogP contribution in [0.15, 0.2) is 42.5 Å². The first kappa shape index (κ1) is 19.0. The van der Waals surface area contributed by atoms with Crippen molar-refractivity contribution in [1.82, 2.24) is 4.90 Å². The number of nitrogens with zero attached hydrogens (tertiary/aromatic N) is 1. The van der Waals surface area contributed by atoms with E-state index in [-0.39, 0.29) is 30.2 Å². The van der Waals surface area contributed by atoms with Gasteiger partial charge >= 0.3 is 0 Å². The van der Waals surface area contributed by atoms with Gasteiger partial charge < -0.3 is 15.4 Å². The molecule has 1 fully saturated rings. The van der Waals surface area contributed by atoms with Crippen molar-refractivity contribution in [3.63, 3.8) is 0 Å². The monoisotopic (exact) mass is 368 g/mol. The van der Waals surface area contributed by atoms with E-state index in [9.17, 15) is 13.6 Å². The Bertz CT molecular complexity index is 750. The summed E-state index contributed by atoms with van der Waals surface area (Å²) in [5.41, 5.74) is 6.81. The number of anilines is 1. The third kappa shape index (κ3) is 4.60. The molecule has 25 heavy (non-hydrogen) atoms. The summed E-state index contributed by atoms with van der Waals surface area (Å²) in [5, 5.41) is 0. The molecule has 2 N–H and O–H groups in total. The maximum absolute atomic E-state index is 13.6. The predicted molar refractivity (Wildman–Crippen MR) is 94.0 cm³/mol. The van der Waals surface area contributed by atoms with Crippen LogP contribution in [0.1, 0.15) is 23.2 Å². The van der Waals surface area contributed by atoms with Crippen LogP contribution in [0.5, 0.6) is 5.75 Å². The van der Waals surface area contributed by atoms with E-state index < -0.39 is 11.6 Å². The number of hydrogen-bond acceptors (Lipinski definition) is 3. The first-order valence-electron chi connectivity index (χ1n) is 7.79. The molecule has 0 aromatic heterocycles. The molecule has 0 aliphatic carbocycles. The van der Waals surface area contributed by atoms with E-state index >= 15 is 0 Å². The Labute approximate surface area is 151 Å². The van der Waals surface area contributed by atoms with Gasteiger partial charge in [0.2, 0.25) is 0 Å². The van der Waals surface area contributed by atoms with Gasteiger partial charge in [-0.1, -0.05) is 6.07 Å². The molecule has 2 aromatic carbocycles. The van der Waals surface area contributed by atoms with Gasteiger partial charge in [0.15, 0.2) is 11.6 Å². The smallest absolute Gasteiger partial charge is 0.253 e. The molecule has 134 valence electrons. The summed E-state index contributed by atoms with van der Waals surface area (Å²) >= 11 is 0. The summed E-state index contributed by atoms with van der Waals surface area (Å²) < 4.78 is 32.1. The number of amides is 1. The van der Waals surface area contributed by atoms with Crippen molar-refractivity contribution in [2.75, 3.05) is 18.8 Å². The Morgan fingerprint density at radius 1 is 1.12 bits per heavy atom. The molecule has 0 bridgehead atoms. The molecule has 0 saturated carbocycles. The van der Waals surface area contributed by atoms with E-state index in [0.29, 0.717) is 37.2 Å². The number of piperidine rings is 1. The minimum atomic E-state index is -0.715. The lowest BCUT2D eigenvalue weighted by Crippen LogP contribution is -2.41. The highest BCUT2D eigenvalue weighted by molar-refractivity contribution is 5.95. The highest BCUT2D eigenvalue weighted by atomic mass is 35.5. The third-order valence-electron chi connectivity index (χ3n) is 4.05. The van der Waals surface area contributed by atoms with Gasteiger partial charge in [-0.15, -0.1) is 12.4 Å². The van der Waals surface area contributed by atoms with Crippen LogP contribution >= 0.6 is 12.4 Å². The number of nitrogen functional groups attached to an aromatic ring is 1. The lowest BCUT2D eigenvalue weighted by atomic mass is 10.1. The van der Waals surface area contributed by atoms with Crippen LogP contribution in [-0.2, 0) is 0 Å². The van der Waals surface area contributed by atoms with Crippen molar-refractivity contribution >= 4 is 24.0 Å². The van der Waals surface area contributed by atoms with Gasteiger partial charge in [-0.25, -0.2) is 8.78 Å². The average molecular weight is 369 g/mol. The third-order valence-corrected chi connectivity index (χ3v) is 4.05. The standard InChI is InChI=1S/C18H18F2N2O2.ClH/c19-13-4-5-17(16(20)11-13)24-15-6-8-22(9-7-15)18(23)12-2-1-3-14(21)10-12;/h1-5,10-11,15H,6-9,21H2;1H. The number of carbonyl (C=O) groups excluding carboxylic acids is 1. The summed E-state index contributed by atoms with van der Waals surface area (Å²) in [4.78, 5) is 14.2. The zero-order valence-electron chi connectivity index (χ0n) is 13.5. The van der Waals surface area contributed by atoms with Crippen LogP contribution in [0.2, 0.25) is 0 Å². The molecule has 0 radical (unpaired) electrons. The second kappa shape index (κ2) is 8.16. The predicted octanol–water partition coefficient (Wildman–Crippen LogP) is 3.65. The molecule has 0 unspecified atom stereocenters. The van der Waals surface area contributed by atoms with Crippen molar-refractivity contribution < 1.29 is 18.3 Å². The van der Waals surface area contributed by atoms with E-state index in [2.05, 4.69) is 0 Å². The van der Waals surface area contributed by atoms with E-state index in [0.717, 1.165) is 12.1 Å². The average Bonchev–Trinajstić information content (AvgIpc) is 2.57. The molecule has 0 atom stereocenters. The molecule has 2 aromatic rings. The number of halogens is 3. The molecule has 1 heterocycles. The van der Waals surface area contributed by atoms with Gasteiger partial charge in [0.05, 0.1) is 0 Å². The van der Waals surface area contributed by atoms with Crippen molar-refractivity contribution in [2.45, 2.75) is 18.9 Å². The SMILES string of the molecule is Cl.Nc1cccc(C(=O)N2CCC(Oc3ccc(F)cc3F)CC2)c1. The quantitative estimate of drug-likeness (QED) is 0.841. The minimum Gasteiger partial charge on any atom is -0.487 e. The minimum absolute atomic E-state index is 0. The lowest BCUT2D eigenvalue weighted by molar-refractivity contribution is 0.0588. The molecule has 3 rings (SSSR count). The van der Waals surface area contributed by atoms with Crippen molar-refractivity contribution in [1.29, 1.82) is 0 Å². The van der Waals surface area contributed by atoms with Crippen molar-refractivity contribution in [3.8, 4) is 5.75 Å². The highest BCUT2D eigenvalue weighted by Gasteiger charge is 2.25. The number of ether oxygens (including phenoxy) is 1. The highest BCUT2D eigenvalue weighted by Crippen LogP contribution is 2.23. The lowest BCUT2D eigenvalue weighted by Gasteiger charge is -2.32. The largest absolute Gasteiger partial charge is 0.487 e. The number of benzene rings is 2. The Hall–Kier alpha value is -2.34. The molecule has 0 spiro atoms. The van der Waals surface area contributed by atoms with Gasteiger partial charge in [0.25, 0.3) is 5.91 Å². The van der Waals surface area contributed by atoms with Crippen LogP contribution in [-0.4, -0.2) is 30.0 Å². The zero-order valence-corrected chi connectivity index (χ0v) is 14.3. The summed E-state index contributed by atoms with van der Waals surface area (Å²) in [6.45, 7) is 1.03. The Balaban J connectivity index is 0.00000225. The van der Waals surface area contributed by atoms with Gasteiger partial charge in [-0.2, -0.15) is 0 Å². The summed E-state index contributed by atoms with van der Waals surface area (Å²) in [6, 6.07) is 10.1. The number of nitrogens with two attached hydrogens (primary N) is 1. The maximum Gasteiger partial charge on any atom is 0.253 e. The number of carbonyl (C=O) groups is 1. The van der Waals surface area contributed by atoms with Crippen LogP contribution in [0.25, 0.3) is 0 Å². The number of rotatable bonds is 3. The molecule has 1 saturated heterocycles. The van der Waals surface area contributed by atoms with Crippen LogP contribution in [0.3, 0.4) is 0 Å². The molecular formula is C18H19ClF2N2O2. The van der Waals surface area contributed by atoms with E-state index in [4.69, 9.17) is 10.5 Å². The Morgan fingerprint density at radius 2 is 1.84 bits per heavy atom. The van der Waals surface area contributed by atoms with Gasteiger partial charge in [0.1, 0.15) is 11.9 Å². The Morgan fingerprint density at radius 3 is 2.48 bits per heavy atom. The fraction of sp³-hybridized carbons (Fsp3) is 0.278. The summed E-state index contributed by atoms with van der Waals surface area (Å²) in [6.07, 6.45) is 0.977. The first-order chi connectivity index (χ1) is 11.5. The van der Waals surface area contributed by atoms with Gasteiger partial charge in [0, 0.05) is 43.2 Å². The Kier molecular flexibility index (Phi) is 6.20. The van der Waals surface area contributed by atoms with E-state index in [1.807, 2.05) is 0 Å². The molecule has 1 aliphatic heterocycles. The second-order valence-electron chi connectivity index (χ2n) is 5.81. The molecule has 1 amide bonds. The van der Waals surface area contributed by atoms with Crippen LogP contribution < -0.4 is 10.5 Å². The number of likely N-dealkylation sites (tertiary alicyclic amines) is 1. The summed E-state index contributed by atoms with van der Waals surface area (Å²) in [7, 11) is 0. The number of hydrogen-bond donors (Lipinski definition) is 1. The fourth-order valence-electron chi connectivity index (χ4n) is 2.78. The molecule has 1 aliphatic rings. The van der Waals surface area contributed by atoms with Gasteiger partial charge in [-0.05, 0) is 30.3 Å². The molecule has 7 heteroatoms. The van der Waals surface area contributed by atoms with Crippen molar-refractivity contribution in [3.05, 3.63) is 59.7 Å². The van der Waals surface area contributed by atoms with Crippen LogP contribution in [0.4, 0.5) is 14.5 Å². The van der Waals surface area contributed by atoms with E-state index in [1.54, 1.807) is 29.2 Å². The van der Waals surface area contributed by atoms with E-state index in [1.165, 1.54) is 6.07 Å². The second-order valence-corrected chi connectivity index (χ2v) is 5.81. The zero-order chi connectivity index (χ0) is 17.1. The van der Waals surface area contributed by atoms with Crippen molar-refractivity contribution in [2.24, 2.45) is 0 Å². The normalized spacial score (nSPS) is 14.7. The maximum atomic E-state index is 13.6. The molecular weight excluding hydrogens is 350 g/mol. The van der Waals surface area contributed by atoms with Crippen LogP contribution in [0, 0.1) is 11.6 Å². The van der Waals surface area contributed by atoms with Gasteiger partial charge in [-0.3, -0.25) is 4.79 Å². The topological polar surface area (TPSA) is 55.6 Å². The fourth-order valence-corrected chi connectivity index (χ4v) is 2.78.